The van der Waals surface area contributed by atoms with Crippen LogP contribution >= 0.6 is 11.3 Å². The molecule has 3 heterocycles. The minimum Gasteiger partial charge on any atom is -0.458 e. The molecule has 0 bridgehead atoms. The second kappa shape index (κ2) is 10.6. The second-order valence-electron chi connectivity index (χ2n) is 11.7. The van der Waals surface area contributed by atoms with Crippen LogP contribution in [-0.4, -0.2) is 76.7 Å². The Kier molecular flexibility index (Phi) is 7.87. The lowest BCUT2D eigenvalue weighted by Gasteiger charge is -2.28. The van der Waals surface area contributed by atoms with Crippen molar-refractivity contribution in [2.75, 3.05) is 10.6 Å². The van der Waals surface area contributed by atoms with Gasteiger partial charge in [0.05, 0.1) is 39.4 Å². The highest BCUT2D eigenvalue weighted by molar-refractivity contribution is 7.21. The van der Waals surface area contributed by atoms with Crippen molar-refractivity contribution in [2.45, 2.75) is 97.3 Å². The van der Waals surface area contributed by atoms with E-state index in [4.69, 9.17) is 9.72 Å². The first kappa shape index (κ1) is 29.1. The fraction of sp³-hybridized carbons (Fsp3) is 0.593. The van der Waals surface area contributed by atoms with E-state index >= 15 is 0 Å². The fourth-order valence-corrected chi connectivity index (χ4v) is 5.89. The van der Waals surface area contributed by atoms with Crippen molar-refractivity contribution >= 4 is 39.3 Å². The van der Waals surface area contributed by atoms with E-state index in [2.05, 4.69) is 25.6 Å². The van der Waals surface area contributed by atoms with Crippen molar-refractivity contribution in [1.29, 1.82) is 0 Å². The van der Waals surface area contributed by atoms with Crippen molar-refractivity contribution in [3.05, 3.63) is 23.7 Å². The van der Waals surface area contributed by atoms with Crippen molar-refractivity contribution in [2.24, 2.45) is 5.92 Å². The van der Waals surface area contributed by atoms with E-state index < -0.39 is 47.4 Å². The molecule has 0 radical (unpaired) electrons. The summed E-state index contributed by atoms with van der Waals surface area (Å²) in [6.07, 6.45) is -0.201. The Labute approximate surface area is 232 Å². The summed E-state index contributed by atoms with van der Waals surface area (Å²) in [4.78, 5) is 31.0. The summed E-state index contributed by atoms with van der Waals surface area (Å²) in [6, 6.07) is 0.575. The largest absolute Gasteiger partial charge is 0.458 e. The number of hydrogen-bond donors (Lipinski definition) is 5. The number of thiazole rings is 1. The molecule has 5 atom stereocenters. The molecule has 4 rings (SSSR count). The number of pyridine rings is 1. The molecule has 212 valence electrons. The number of carbonyl (C=O) groups is 1. The fourth-order valence-electron chi connectivity index (χ4n) is 4.78. The SMILES string of the molecule is Cc1nc(N[C@@H](C)C(=O)OC(C)(C)C)nc(N[C@@H]2C[C@H](C(C)(C)O)[C@@H](O)[C@H]2O)c1-c1nc2c(C)nccc2s1. The zero-order chi connectivity index (χ0) is 28.9. The van der Waals surface area contributed by atoms with Crippen LogP contribution in [0.1, 0.15) is 59.4 Å². The van der Waals surface area contributed by atoms with Gasteiger partial charge in [0.1, 0.15) is 34.1 Å². The van der Waals surface area contributed by atoms with E-state index in [1.807, 2.05) is 19.9 Å². The van der Waals surface area contributed by atoms with Gasteiger partial charge in [-0.3, -0.25) is 4.98 Å². The number of aryl methyl sites for hydroxylation is 2. The van der Waals surface area contributed by atoms with Gasteiger partial charge in [0.2, 0.25) is 5.95 Å². The van der Waals surface area contributed by atoms with E-state index in [9.17, 15) is 20.1 Å². The van der Waals surface area contributed by atoms with Gasteiger partial charge in [0.15, 0.2) is 0 Å². The lowest BCUT2D eigenvalue weighted by molar-refractivity contribution is -0.155. The molecule has 3 aromatic rings. The average molecular weight is 559 g/mol. The first-order chi connectivity index (χ1) is 18.0. The van der Waals surface area contributed by atoms with Crippen LogP contribution in [-0.2, 0) is 9.53 Å². The smallest absolute Gasteiger partial charge is 0.328 e. The Bertz CT molecular complexity index is 1370. The number of hydrogen-bond acceptors (Lipinski definition) is 12. The topological polar surface area (TPSA) is 163 Å². The molecule has 0 unspecified atom stereocenters. The summed E-state index contributed by atoms with van der Waals surface area (Å²) in [5, 5.41) is 39.1. The maximum atomic E-state index is 12.6. The van der Waals surface area contributed by atoms with E-state index in [1.54, 1.807) is 47.7 Å². The van der Waals surface area contributed by atoms with E-state index in [0.717, 1.165) is 15.9 Å². The molecule has 5 N–H and O–H groups in total. The Balaban J connectivity index is 1.74. The van der Waals surface area contributed by atoms with Gasteiger partial charge in [-0.05, 0) is 67.9 Å². The summed E-state index contributed by atoms with van der Waals surface area (Å²) >= 11 is 1.47. The predicted octanol–water partition coefficient (Wildman–Crippen LogP) is 3.20. The molecule has 12 heteroatoms. The Morgan fingerprint density at radius 2 is 1.79 bits per heavy atom. The van der Waals surface area contributed by atoms with E-state index in [0.29, 0.717) is 28.5 Å². The quantitative estimate of drug-likeness (QED) is 0.271. The minimum absolute atomic E-state index is 0.197. The normalized spacial score (nSPS) is 22.6. The Hall–Kier alpha value is -2.93. The van der Waals surface area contributed by atoms with Gasteiger partial charge in [-0.25, -0.2) is 14.8 Å². The van der Waals surface area contributed by atoms with Crippen LogP contribution in [0.3, 0.4) is 0 Å². The molecule has 0 spiro atoms. The molecule has 1 fully saturated rings. The van der Waals surface area contributed by atoms with Crippen LogP contribution in [0.4, 0.5) is 11.8 Å². The lowest BCUT2D eigenvalue weighted by atomic mass is 9.88. The van der Waals surface area contributed by atoms with Crippen molar-refractivity contribution in [3.63, 3.8) is 0 Å². The molecule has 39 heavy (non-hydrogen) atoms. The van der Waals surface area contributed by atoms with Crippen LogP contribution in [0, 0.1) is 19.8 Å². The Morgan fingerprint density at radius 3 is 2.38 bits per heavy atom. The number of aliphatic hydroxyl groups is 3. The number of nitrogens with one attached hydrogen (secondary N) is 2. The number of fused-ring (bicyclic) bond motifs is 1. The summed E-state index contributed by atoms with van der Waals surface area (Å²) in [5.74, 6) is -0.405. The molecule has 1 aliphatic carbocycles. The van der Waals surface area contributed by atoms with E-state index in [1.165, 1.54) is 11.3 Å². The molecule has 1 saturated carbocycles. The van der Waals surface area contributed by atoms with Crippen LogP contribution in [0.2, 0.25) is 0 Å². The van der Waals surface area contributed by atoms with Gasteiger partial charge in [-0.1, -0.05) is 0 Å². The Morgan fingerprint density at radius 1 is 1.10 bits per heavy atom. The minimum atomic E-state index is -1.19. The van der Waals surface area contributed by atoms with Crippen molar-refractivity contribution in [3.8, 4) is 10.6 Å². The first-order valence-corrected chi connectivity index (χ1v) is 13.8. The monoisotopic (exact) mass is 558 g/mol. The molecular weight excluding hydrogens is 520 g/mol. The summed E-state index contributed by atoms with van der Waals surface area (Å²) in [5.41, 5.74) is 0.991. The number of nitrogens with zero attached hydrogens (tertiary/aromatic N) is 4. The number of carbonyl (C=O) groups excluding carboxylic acids is 1. The van der Waals surface area contributed by atoms with Crippen molar-refractivity contribution in [1.82, 2.24) is 19.9 Å². The van der Waals surface area contributed by atoms with Crippen molar-refractivity contribution < 1.29 is 24.9 Å². The average Bonchev–Trinajstić information content (AvgIpc) is 3.35. The highest BCUT2D eigenvalue weighted by Gasteiger charge is 2.48. The highest BCUT2D eigenvalue weighted by Crippen LogP contribution is 2.40. The molecule has 0 aliphatic heterocycles. The molecule has 0 aromatic carbocycles. The molecule has 0 saturated heterocycles. The number of esters is 1. The predicted molar refractivity (Wildman–Crippen MR) is 151 cm³/mol. The molecule has 0 amide bonds. The number of aromatic nitrogens is 4. The first-order valence-electron chi connectivity index (χ1n) is 13.0. The van der Waals surface area contributed by atoms with Gasteiger partial charge in [0, 0.05) is 12.1 Å². The highest BCUT2D eigenvalue weighted by atomic mass is 32.1. The van der Waals surface area contributed by atoms with Crippen LogP contribution < -0.4 is 10.6 Å². The number of rotatable bonds is 7. The standard InChI is InChI=1S/C27H38N6O5S/c1-12-18(23-32-19-13(2)28-10-9-17(19)39-23)22(31-16-11-15(27(7,8)37)20(34)21(16)35)33-25(29-12)30-14(3)24(36)38-26(4,5)6/h9-10,14-16,20-21,34-35,37H,11H2,1-8H3,(H2,29,30,31,33)/t14-,15-,16+,20+,21-/m0/s1. The van der Waals surface area contributed by atoms with Gasteiger partial charge in [0.25, 0.3) is 0 Å². The maximum Gasteiger partial charge on any atom is 0.328 e. The third-order valence-corrected chi connectivity index (χ3v) is 7.85. The number of anilines is 2. The second-order valence-corrected chi connectivity index (χ2v) is 12.8. The van der Waals surface area contributed by atoms with Crippen LogP contribution in [0.5, 0.6) is 0 Å². The zero-order valence-electron chi connectivity index (χ0n) is 23.6. The summed E-state index contributed by atoms with van der Waals surface area (Å²) < 4.78 is 6.44. The van der Waals surface area contributed by atoms with Crippen LogP contribution in [0.25, 0.3) is 20.8 Å². The third kappa shape index (κ3) is 6.29. The van der Waals surface area contributed by atoms with Crippen LogP contribution in [0.15, 0.2) is 12.3 Å². The number of aliphatic hydroxyl groups excluding tert-OH is 2. The summed E-state index contributed by atoms with van der Waals surface area (Å²) in [6.45, 7) is 14.0. The maximum absolute atomic E-state index is 12.6. The van der Waals surface area contributed by atoms with Gasteiger partial charge >= 0.3 is 5.97 Å². The zero-order valence-corrected chi connectivity index (χ0v) is 24.4. The molecule has 11 nitrogen and oxygen atoms in total. The van der Waals surface area contributed by atoms with Gasteiger partial charge in [-0.15, -0.1) is 11.3 Å². The molecular formula is C27H38N6O5S. The third-order valence-electron chi connectivity index (χ3n) is 6.81. The van der Waals surface area contributed by atoms with Gasteiger partial charge < -0.3 is 30.7 Å². The lowest BCUT2D eigenvalue weighted by Crippen LogP contribution is -2.40. The summed E-state index contributed by atoms with van der Waals surface area (Å²) in [7, 11) is 0. The molecule has 3 aromatic heterocycles. The van der Waals surface area contributed by atoms with Gasteiger partial charge in [-0.2, -0.15) is 4.98 Å². The number of ether oxygens (including phenoxy) is 1. The van der Waals surface area contributed by atoms with E-state index in [-0.39, 0.29) is 5.95 Å². The molecule has 1 aliphatic rings.